The summed E-state index contributed by atoms with van der Waals surface area (Å²) in [7, 11) is 1.60. The van der Waals surface area contributed by atoms with Gasteiger partial charge in [0.1, 0.15) is 11.5 Å². The lowest BCUT2D eigenvalue weighted by Gasteiger charge is -2.38. The van der Waals surface area contributed by atoms with E-state index in [0.29, 0.717) is 50.6 Å². The van der Waals surface area contributed by atoms with Crippen molar-refractivity contribution in [2.45, 2.75) is 31.7 Å². The van der Waals surface area contributed by atoms with Gasteiger partial charge in [0.2, 0.25) is 0 Å². The van der Waals surface area contributed by atoms with Crippen LogP contribution >= 0.6 is 0 Å². The molecule has 1 unspecified atom stereocenters. The Labute approximate surface area is 136 Å². The van der Waals surface area contributed by atoms with Crippen LogP contribution in [0.3, 0.4) is 0 Å². The average Bonchev–Trinajstić information content (AvgIpc) is 3.03. The average molecular weight is 321 g/mol. The summed E-state index contributed by atoms with van der Waals surface area (Å²) in [5, 5.41) is 0. The lowest BCUT2D eigenvalue weighted by atomic mass is 10.0. The number of ether oxygens (including phenoxy) is 4. The van der Waals surface area contributed by atoms with Crippen LogP contribution in [0, 0.1) is 0 Å². The van der Waals surface area contributed by atoms with Gasteiger partial charge in [0.25, 0.3) is 5.91 Å². The molecule has 0 aliphatic carbocycles. The molecular weight excluding hydrogens is 298 g/mol. The van der Waals surface area contributed by atoms with Crippen LogP contribution in [0.5, 0.6) is 11.5 Å². The fraction of sp³-hybridized carbons (Fsp3) is 0.588. The van der Waals surface area contributed by atoms with Gasteiger partial charge >= 0.3 is 0 Å². The van der Waals surface area contributed by atoms with Crippen molar-refractivity contribution in [1.29, 1.82) is 0 Å². The lowest BCUT2D eigenvalue weighted by molar-refractivity contribution is -0.188. The minimum atomic E-state index is -0.540. The second kappa shape index (κ2) is 6.76. The van der Waals surface area contributed by atoms with E-state index in [1.165, 1.54) is 0 Å². The number of hydrogen-bond acceptors (Lipinski definition) is 5. The molecule has 1 aromatic carbocycles. The number of amides is 1. The van der Waals surface area contributed by atoms with Crippen LogP contribution in [-0.4, -0.2) is 56.1 Å². The van der Waals surface area contributed by atoms with Crippen LogP contribution in [0.4, 0.5) is 0 Å². The van der Waals surface area contributed by atoms with Gasteiger partial charge in [-0.25, -0.2) is 0 Å². The molecular formula is C17H23NO5. The van der Waals surface area contributed by atoms with Crippen molar-refractivity contribution in [2.24, 2.45) is 0 Å². The van der Waals surface area contributed by atoms with E-state index in [9.17, 15) is 4.79 Å². The third-order valence-electron chi connectivity index (χ3n) is 4.35. The summed E-state index contributed by atoms with van der Waals surface area (Å²) in [5.41, 5.74) is 0. The minimum absolute atomic E-state index is 0.0133. The highest BCUT2D eigenvalue weighted by Crippen LogP contribution is 2.31. The van der Waals surface area contributed by atoms with Crippen molar-refractivity contribution in [3.63, 3.8) is 0 Å². The van der Waals surface area contributed by atoms with Gasteiger partial charge in [0.15, 0.2) is 11.9 Å². The van der Waals surface area contributed by atoms with Crippen molar-refractivity contribution in [2.75, 3.05) is 33.4 Å². The first kappa shape index (κ1) is 16.1. The molecule has 6 nitrogen and oxygen atoms in total. The summed E-state index contributed by atoms with van der Waals surface area (Å²) >= 11 is 0. The smallest absolute Gasteiger partial charge is 0.263 e. The Bertz CT molecular complexity index is 546. The largest absolute Gasteiger partial charge is 0.497 e. The molecule has 2 aliphatic heterocycles. The Hall–Kier alpha value is -1.79. The number of rotatable bonds is 4. The van der Waals surface area contributed by atoms with Gasteiger partial charge in [-0.05, 0) is 19.1 Å². The number of piperidine rings is 1. The van der Waals surface area contributed by atoms with Gasteiger partial charge in [0.05, 0.1) is 20.3 Å². The molecule has 2 heterocycles. The van der Waals surface area contributed by atoms with Crippen LogP contribution in [0.2, 0.25) is 0 Å². The van der Waals surface area contributed by atoms with Crippen LogP contribution in [0.15, 0.2) is 24.3 Å². The second-order valence-corrected chi connectivity index (χ2v) is 5.87. The van der Waals surface area contributed by atoms with Crippen molar-refractivity contribution in [3.8, 4) is 11.5 Å². The maximum absolute atomic E-state index is 12.5. The molecule has 2 saturated heterocycles. The summed E-state index contributed by atoms with van der Waals surface area (Å²) in [6.07, 6.45) is 0.886. The summed E-state index contributed by atoms with van der Waals surface area (Å²) in [6.45, 7) is 4.32. The summed E-state index contributed by atoms with van der Waals surface area (Å²) in [4.78, 5) is 14.4. The predicted octanol–water partition coefficient (Wildman–Crippen LogP) is 1.83. The molecule has 1 amide bonds. The first-order chi connectivity index (χ1) is 11.1. The predicted molar refractivity (Wildman–Crippen MR) is 83.5 cm³/mol. The molecule has 1 atom stereocenters. The highest BCUT2D eigenvalue weighted by Gasteiger charge is 2.41. The van der Waals surface area contributed by atoms with E-state index in [1.54, 1.807) is 20.1 Å². The SMILES string of the molecule is COc1cccc(OC(C)C(=O)N2CCC3(CC2)OCCO3)c1. The van der Waals surface area contributed by atoms with Gasteiger partial charge in [-0.15, -0.1) is 0 Å². The topological polar surface area (TPSA) is 57.2 Å². The van der Waals surface area contributed by atoms with Gasteiger partial charge in [-0.2, -0.15) is 0 Å². The van der Waals surface area contributed by atoms with E-state index >= 15 is 0 Å². The molecule has 1 spiro atoms. The quantitative estimate of drug-likeness (QED) is 0.847. The fourth-order valence-corrected chi connectivity index (χ4v) is 3.04. The summed E-state index contributed by atoms with van der Waals surface area (Å²) < 4.78 is 22.3. The van der Waals surface area contributed by atoms with E-state index in [-0.39, 0.29) is 5.91 Å². The minimum Gasteiger partial charge on any atom is -0.497 e. The number of likely N-dealkylation sites (tertiary alicyclic amines) is 1. The first-order valence-corrected chi connectivity index (χ1v) is 7.99. The third-order valence-corrected chi connectivity index (χ3v) is 4.35. The third kappa shape index (κ3) is 3.59. The van der Waals surface area contributed by atoms with Crippen LogP contribution in [0.1, 0.15) is 19.8 Å². The van der Waals surface area contributed by atoms with Crippen LogP contribution < -0.4 is 9.47 Å². The van der Waals surface area contributed by atoms with Gasteiger partial charge in [-0.1, -0.05) is 6.07 Å². The van der Waals surface area contributed by atoms with Crippen molar-refractivity contribution < 1.29 is 23.7 Å². The fourth-order valence-electron chi connectivity index (χ4n) is 3.04. The summed E-state index contributed by atoms with van der Waals surface area (Å²) in [5.74, 6) is 0.854. The standard InChI is InChI=1S/C17H23NO5/c1-13(23-15-5-3-4-14(12-15)20-2)16(19)18-8-6-17(7-9-18)21-10-11-22-17/h3-5,12-13H,6-11H2,1-2H3. The monoisotopic (exact) mass is 321 g/mol. The molecule has 0 radical (unpaired) electrons. The van der Waals surface area contributed by atoms with Crippen LogP contribution in [0.25, 0.3) is 0 Å². The maximum atomic E-state index is 12.5. The van der Waals surface area contributed by atoms with E-state index in [4.69, 9.17) is 18.9 Å². The second-order valence-electron chi connectivity index (χ2n) is 5.87. The Morgan fingerprint density at radius 3 is 2.52 bits per heavy atom. The lowest BCUT2D eigenvalue weighted by Crippen LogP contribution is -2.50. The normalized spacial score (nSPS) is 21.2. The molecule has 126 valence electrons. The van der Waals surface area contributed by atoms with E-state index < -0.39 is 11.9 Å². The van der Waals surface area contributed by atoms with E-state index in [0.717, 1.165) is 0 Å². The van der Waals surface area contributed by atoms with Crippen molar-refractivity contribution in [1.82, 2.24) is 4.90 Å². The number of carbonyl (C=O) groups excluding carboxylic acids is 1. The number of hydrogen-bond donors (Lipinski definition) is 0. The number of nitrogens with zero attached hydrogens (tertiary/aromatic N) is 1. The Balaban J connectivity index is 1.55. The Morgan fingerprint density at radius 1 is 1.22 bits per heavy atom. The van der Waals surface area contributed by atoms with Crippen molar-refractivity contribution in [3.05, 3.63) is 24.3 Å². The molecule has 2 fully saturated rings. The Morgan fingerprint density at radius 2 is 1.87 bits per heavy atom. The molecule has 0 bridgehead atoms. The van der Waals surface area contributed by atoms with Gasteiger partial charge in [-0.3, -0.25) is 4.79 Å². The maximum Gasteiger partial charge on any atom is 0.263 e. The molecule has 1 aromatic rings. The zero-order valence-corrected chi connectivity index (χ0v) is 13.6. The van der Waals surface area contributed by atoms with Crippen LogP contribution in [-0.2, 0) is 14.3 Å². The molecule has 0 saturated carbocycles. The number of carbonyl (C=O) groups is 1. The molecule has 3 rings (SSSR count). The number of methoxy groups -OCH3 is 1. The molecule has 6 heteroatoms. The molecule has 0 aromatic heterocycles. The number of benzene rings is 1. The van der Waals surface area contributed by atoms with Gasteiger partial charge < -0.3 is 23.8 Å². The first-order valence-electron chi connectivity index (χ1n) is 7.99. The zero-order chi connectivity index (χ0) is 16.3. The van der Waals surface area contributed by atoms with E-state index in [2.05, 4.69) is 0 Å². The molecule has 0 N–H and O–H groups in total. The van der Waals surface area contributed by atoms with E-state index in [1.807, 2.05) is 23.1 Å². The van der Waals surface area contributed by atoms with Gasteiger partial charge in [0, 0.05) is 32.0 Å². The van der Waals surface area contributed by atoms with Crippen molar-refractivity contribution >= 4 is 5.91 Å². The highest BCUT2D eigenvalue weighted by molar-refractivity contribution is 5.81. The molecule has 23 heavy (non-hydrogen) atoms. The molecule has 2 aliphatic rings. The summed E-state index contributed by atoms with van der Waals surface area (Å²) in [6, 6.07) is 7.27. The Kier molecular flexibility index (Phi) is 4.73. The highest BCUT2D eigenvalue weighted by atomic mass is 16.7. The zero-order valence-electron chi connectivity index (χ0n) is 13.6.